The van der Waals surface area contributed by atoms with Crippen LogP contribution < -0.4 is 14.8 Å². The highest BCUT2D eigenvalue weighted by Gasteiger charge is 2.12. The number of benzene rings is 1. The van der Waals surface area contributed by atoms with E-state index in [4.69, 9.17) is 9.47 Å². The van der Waals surface area contributed by atoms with Crippen LogP contribution in [0.1, 0.15) is 0 Å². The third-order valence-electron chi connectivity index (χ3n) is 3.05. The van der Waals surface area contributed by atoms with Crippen LogP contribution in [-0.2, 0) is 4.79 Å². The Bertz CT molecular complexity index is 665. The summed E-state index contributed by atoms with van der Waals surface area (Å²) in [4.78, 5) is 14.0. The highest BCUT2D eigenvalue weighted by atomic mass is 16.5. The Hall–Kier alpha value is -3.20. The van der Waals surface area contributed by atoms with Gasteiger partial charge in [-0.15, -0.1) is 13.2 Å². The van der Waals surface area contributed by atoms with Crippen LogP contribution in [0, 0.1) is 11.3 Å². The van der Waals surface area contributed by atoms with Gasteiger partial charge in [-0.2, -0.15) is 5.26 Å². The minimum atomic E-state index is -0.511. The van der Waals surface area contributed by atoms with E-state index >= 15 is 0 Å². The van der Waals surface area contributed by atoms with E-state index in [1.165, 1.54) is 20.4 Å². The Morgan fingerprint density at radius 1 is 1.25 bits per heavy atom. The maximum absolute atomic E-state index is 12.3. The number of amides is 1. The molecule has 0 heterocycles. The molecule has 0 saturated carbocycles. The average Bonchev–Trinajstić information content (AvgIpc) is 2.59. The first kappa shape index (κ1) is 18.8. The molecule has 1 N–H and O–H groups in total. The Morgan fingerprint density at radius 3 is 2.38 bits per heavy atom. The number of methoxy groups -OCH3 is 2. The zero-order valence-electron chi connectivity index (χ0n) is 13.9. The summed E-state index contributed by atoms with van der Waals surface area (Å²) < 4.78 is 10.3. The van der Waals surface area contributed by atoms with E-state index in [1.54, 1.807) is 35.3 Å². The normalized spacial score (nSPS) is 10.3. The second kappa shape index (κ2) is 9.74. The lowest BCUT2D eigenvalue weighted by Gasteiger charge is -2.16. The number of nitriles is 1. The zero-order chi connectivity index (χ0) is 17.9. The lowest BCUT2D eigenvalue weighted by molar-refractivity contribution is -0.112. The van der Waals surface area contributed by atoms with Crippen LogP contribution in [-0.4, -0.2) is 38.1 Å². The summed E-state index contributed by atoms with van der Waals surface area (Å²) in [6.07, 6.45) is 4.85. The predicted molar refractivity (Wildman–Crippen MR) is 93.8 cm³/mol. The van der Waals surface area contributed by atoms with E-state index in [0.29, 0.717) is 30.3 Å². The smallest absolute Gasteiger partial charge is 0.267 e. The van der Waals surface area contributed by atoms with E-state index < -0.39 is 5.91 Å². The van der Waals surface area contributed by atoms with Crippen molar-refractivity contribution in [2.75, 3.05) is 32.6 Å². The molecule has 0 aromatic heterocycles. The second-order valence-corrected chi connectivity index (χ2v) is 4.71. The predicted octanol–water partition coefficient (Wildman–Crippen LogP) is 2.72. The van der Waals surface area contributed by atoms with Crippen molar-refractivity contribution in [3.05, 3.63) is 55.3 Å². The van der Waals surface area contributed by atoms with E-state index in [9.17, 15) is 10.1 Å². The molecule has 0 spiro atoms. The van der Waals surface area contributed by atoms with Crippen LogP contribution >= 0.6 is 0 Å². The highest BCUT2D eigenvalue weighted by molar-refractivity contribution is 6.06. The second-order valence-electron chi connectivity index (χ2n) is 4.71. The zero-order valence-corrected chi connectivity index (χ0v) is 13.9. The number of carbonyl (C=O) groups is 1. The molecule has 6 heteroatoms. The van der Waals surface area contributed by atoms with Gasteiger partial charge in [-0.1, -0.05) is 12.2 Å². The van der Waals surface area contributed by atoms with Gasteiger partial charge in [0.1, 0.15) is 11.6 Å². The molecule has 0 radical (unpaired) electrons. The summed E-state index contributed by atoms with van der Waals surface area (Å²) in [6.45, 7) is 8.30. The molecule has 0 unspecified atom stereocenters. The average molecular weight is 327 g/mol. The molecule has 126 valence electrons. The van der Waals surface area contributed by atoms with Gasteiger partial charge in [0.05, 0.1) is 14.2 Å². The van der Waals surface area contributed by atoms with Crippen molar-refractivity contribution in [2.24, 2.45) is 0 Å². The molecule has 0 aliphatic heterocycles. The van der Waals surface area contributed by atoms with Gasteiger partial charge in [0.25, 0.3) is 5.91 Å². The van der Waals surface area contributed by atoms with Crippen molar-refractivity contribution in [3.8, 4) is 17.6 Å². The lowest BCUT2D eigenvalue weighted by atomic mass is 10.2. The number of anilines is 1. The number of hydrogen-bond acceptors (Lipinski definition) is 5. The number of carbonyl (C=O) groups excluding carboxylic acids is 1. The summed E-state index contributed by atoms with van der Waals surface area (Å²) >= 11 is 0. The largest absolute Gasteiger partial charge is 0.493 e. The van der Waals surface area contributed by atoms with E-state index in [1.807, 2.05) is 6.07 Å². The standard InChI is InChI=1S/C18H21N3O3/c1-5-9-21(10-6-2)13-14(12-19)18(22)20-15-7-8-16(23-3)17(11-15)24-4/h5-8,11,13H,1-2,9-10H2,3-4H3,(H,20,22)/b14-13-. The molecule has 0 aliphatic carbocycles. The first-order valence-electron chi connectivity index (χ1n) is 7.20. The third-order valence-corrected chi connectivity index (χ3v) is 3.05. The molecular weight excluding hydrogens is 306 g/mol. The summed E-state index contributed by atoms with van der Waals surface area (Å²) in [6, 6.07) is 6.86. The molecule has 1 rings (SSSR count). The van der Waals surface area contributed by atoms with Crippen molar-refractivity contribution < 1.29 is 14.3 Å². The molecule has 24 heavy (non-hydrogen) atoms. The van der Waals surface area contributed by atoms with Crippen molar-refractivity contribution in [1.82, 2.24) is 4.90 Å². The molecule has 1 amide bonds. The van der Waals surface area contributed by atoms with Gasteiger partial charge in [-0.25, -0.2) is 0 Å². The number of ether oxygens (including phenoxy) is 2. The Balaban J connectivity index is 2.96. The summed E-state index contributed by atoms with van der Waals surface area (Å²) in [5.41, 5.74) is 0.478. The summed E-state index contributed by atoms with van der Waals surface area (Å²) in [7, 11) is 3.03. The molecule has 0 atom stereocenters. The monoisotopic (exact) mass is 327 g/mol. The maximum atomic E-state index is 12.3. The SMILES string of the molecule is C=CCN(/C=C(/C#N)C(=O)Nc1ccc(OC)c(OC)c1)CC=C. The van der Waals surface area contributed by atoms with Crippen molar-refractivity contribution in [1.29, 1.82) is 5.26 Å². The number of nitrogens with one attached hydrogen (secondary N) is 1. The summed E-state index contributed by atoms with van der Waals surface area (Å²) in [5, 5.41) is 11.9. The van der Waals surface area contributed by atoms with Crippen LogP contribution in [0.25, 0.3) is 0 Å². The number of hydrogen-bond donors (Lipinski definition) is 1. The van der Waals surface area contributed by atoms with E-state index in [0.717, 1.165) is 0 Å². The third kappa shape index (κ3) is 5.21. The molecular formula is C18H21N3O3. The van der Waals surface area contributed by atoms with Crippen LogP contribution in [0.3, 0.4) is 0 Å². The fourth-order valence-electron chi connectivity index (χ4n) is 1.94. The van der Waals surface area contributed by atoms with Crippen LogP contribution in [0.2, 0.25) is 0 Å². The maximum Gasteiger partial charge on any atom is 0.267 e. The van der Waals surface area contributed by atoms with Gasteiger partial charge in [-0.3, -0.25) is 4.79 Å². The minimum absolute atomic E-state index is 0.0199. The molecule has 1 aromatic carbocycles. The van der Waals surface area contributed by atoms with Gasteiger partial charge in [0.15, 0.2) is 11.5 Å². The van der Waals surface area contributed by atoms with Crippen molar-refractivity contribution >= 4 is 11.6 Å². The first-order valence-corrected chi connectivity index (χ1v) is 7.20. The Kier molecular flexibility index (Phi) is 7.65. The van der Waals surface area contributed by atoms with Gasteiger partial charge >= 0.3 is 0 Å². The van der Waals surface area contributed by atoms with Crippen molar-refractivity contribution in [2.45, 2.75) is 0 Å². The van der Waals surface area contributed by atoms with E-state index in [-0.39, 0.29) is 5.57 Å². The number of rotatable bonds is 9. The Morgan fingerprint density at radius 2 is 1.88 bits per heavy atom. The van der Waals surface area contributed by atoms with Crippen LogP contribution in [0.5, 0.6) is 11.5 Å². The van der Waals surface area contributed by atoms with Gasteiger partial charge in [-0.05, 0) is 12.1 Å². The van der Waals surface area contributed by atoms with Crippen molar-refractivity contribution in [3.63, 3.8) is 0 Å². The molecule has 1 aromatic rings. The van der Waals surface area contributed by atoms with Gasteiger partial charge in [0.2, 0.25) is 0 Å². The topological polar surface area (TPSA) is 74.6 Å². The highest BCUT2D eigenvalue weighted by Crippen LogP contribution is 2.29. The van der Waals surface area contributed by atoms with Crippen LogP contribution in [0.15, 0.2) is 55.3 Å². The number of nitrogens with zero attached hydrogens (tertiary/aromatic N) is 2. The van der Waals surface area contributed by atoms with E-state index in [2.05, 4.69) is 18.5 Å². The molecule has 6 nitrogen and oxygen atoms in total. The van der Waals surface area contributed by atoms with Crippen LogP contribution in [0.4, 0.5) is 5.69 Å². The molecule has 0 bridgehead atoms. The first-order chi connectivity index (χ1) is 11.6. The molecule has 0 aliphatic rings. The quantitative estimate of drug-likeness (QED) is 0.429. The van der Waals surface area contributed by atoms with Gasteiger partial charge in [0, 0.05) is 31.0 Å². The van der Waals surface area contributed by atoms with Gasteiger partial charge < -0.3 is 19.7 Å². The fourth-order valence-corrected chi connectivity index (χ4v) is 1.94. The minimum Gasteiger partial charge on any atom is -0.493 e. The Labute approximate surface area is 142 Å². The lowest BCUT2D eigenvalue weighted by Crippen LogP contribution is -2.21. The molecule has 0 fully saturated rings. The summed E-state index contributed by atoms with van der Waals surface area (Å²) in [5.74, 6) is 0.523. The fraction of sp³-hybridized carbons (Fsp3) is 0.222. The molecule has 0 saturated heterocycles.